The first-order valence-electron chi connectivity index (χ1n) is 5.81. The highest BCUT2D eigenvalue weighted by molar-refractivity contribution is 5.63. The highest BCUT2D eigenvalue weighted by Gasteiger charge is 2.62. The number of fused-ring (bicyclic) bond motifs is 1. The maximum absolute atomic E-state index is 8.64. The van der Waals surface area contributed by atoms with Crippen LogP contribution in [0.3, 0.4) is 0 Å². The van der Waals surface area contributed by atoms with Crippen LogP contribution in [-0.2, 0) is 0 Å². The Bertz CT molecular complexity index is 236. The molecule has 0 heterocycles. The number of aliphatic hydroxyl groups excluding tert-OH is 1. The molecule has 2 heteroatoms. The fourth-order valence-corrected chi connectivity index (χ4v) is 3.25. The number of aliphatic imine (C=N–C) groups is 1. The van der Waals surface area contributed by atoms with Gasteiger partial charge in [-0.05, 0) is 42.4 Å². The molecule has 0 aromatic rings. The molecule has 0 aromatic heterocycles. The number of rotatable bonds is 4. The van der Waals surface area contributed by atoms with Crippen LogP contribution in [0.1, 0.15) is 33.1 Å². The van der Waals surface area contributed by atoms with Crippen molar-refractivity contribution in [2.45, 2.75) is 33.1 Å². The molecule has 2 saturated carbocycles. The zero-order valence-electron chi connectivity index (χ0n) is 9.24. The molecule has 0 saturated heterocycles. The Kier molecular flexibility index (Phi) is 2.65. The first-order valence-corrected chi connectivity index (χ1v) is 5.81. The molecule has 2 aliphatic rings. The van der Waals surface area contributed by atoms with E-state index in [4.69, 9.17) is 5.11 Å². The SMILES string of the molecule is CC(C)C12CCC(C=NCCO)C1C2. The summed E-state index contributed by atoms with van der Waals surface area (Å²) in [7, 11) is 0. The predicted octanol–water partition coefficient (Wildman–Crippen LogP) is 2.12. The topological polar surface area (TPSA) is 32.6 Å². The van der Waals surface area contributed by atoms with Crippen LogP contribution in [0.25, 0.3) is 0 Å². The van der Waals surface area contributed by atoms with E-state index in [0.717, 1.165) is 11.8 Å². The number of hydrogen-bond donors (Lipinski definition) is 1. The van der Waals surface area contributed by atoms with Crippen molar-refractivity contribution in [3.05, 3.63) is 0 Å². The van der Waals surface area contributed by atoms with Crippen molar-refractivity contribution in [2.75, 3.05) is 13.2 Å². The smallest absolute Gasteiger partial charge is 0.0626 e. The van der Waals surface area contributed by atoms with Gasteiger partial charge in [-0.25, -0.2) is 0 Å². The Morgan fingerprint density at radius 2 is 2.36 bits per heavy atom. The molecule has 80 valence electrons. The average Bonchev–Trinajstić information content (AvgIpc) is 2.80. The van der Waals surface area contributed by atoms with Gasteiger partial charge in [-0.3, -0.25) is 4.99 Å². The minimum atomic E-state index is 0.184. The van der Waals surface area contributed by atoms with Crippen molar-refractivity contribution in [1.29, 1.82) is 0 Å². The molecule has 3 unspecified atom stereocenters. The number of nitrogens with zero attached hydrogens (tertiary/aromatic N) is 1. The van der Waals surface area contributed by atoms with Crippen molar-refractivity contribution in [3.63, 3.8) is 0 Å². The van der Waals surface area contributed by atoms with Gasteiger partial charge in [-0.15, -0.1) is 0 Å². The Labute approximate surface area is 86.4 Å². The van der Waals surface area contributed by atoms with Gasteiger partial charge >= 0.3 is 0 Å². The summed E-state index contributed by atoms with van der Waals surface area (Å²) in [6.07, 6.45) is 6.24. The summed E-state index contributed by atoms with van der Waals surface area (Å²) in [5.74, 6) is 2.46. The summed E-state index contributed by atoms with van der Waals surface area (Å²) < 4.78 is 0. The molecule has 0 bridgehead atoms. The van der Waals surface area contributed by atoms with Crippen LogP contribution >= 0.6 is 0 Å². The summed E-state index contributed by atoms with van der Waals surface area (Å²) in [4.78, 5) is 4.26. The molecular formula is C12H21NO. The van der Waals surface area contributed by atoms with Crippen LogP contribution in [0.15, 0.2) is 4.99 Å². The largest absolute Gasteiger partial charge is 0.394 e. The maximum atomic E-state index is 8.64. The second-order valence-electron chi connectivity index (χ2n) is 5.18. The molecule has 2 aliphatic carbocycles. The van der Waals surface area contributed by atoms with Crippen LogP contribution in [0, 0.1) is 23.2 Å². The molecule has 3 atom stereocenters. The summed E-state index contributed by atoms with van der Waals surface area (Å²) in [6, 6.07) is 0. The van der Waals surface area contributed by atoms with Crippen molar-refractivity contribution in [1.82, 2.24) is 0 Å². The van der Waals surface area contributed by atoms with Crippen molar-refractivity contribution in [2.24, 2.45) is 28.2 Å². The third-order valence-corrected chi connectivity index (χ3v) is 4.31. The Morgan fingerprint density at radius 1 is 1.57 bits per heavy atom. The van der Waals surface area contributed by atoms with Crippen LogP contribution in [0.5, 0.6) is 0 Å². The van der Waals surface area contributed by atoms with Gasteiger partial charge < -0.3 is 5.11 Å². The van der Waals surface area contributed by atoms with Gasteiger partial charge in [0.1, 0.15) is 0 Å². The van der Waals surface area contributed by atoms with Gasteiger partial charge in [-0.1, -0.05) is 13.8 Å². The van der Waals surface area contributed by atoms with E-state index in [1.165, 1.54) is 19.3 Å². The minimum Gasteiger partial charge on any atom is -0.394 e. The van der Waals surface area contributed by atoms with Gasteiger partial charge in [-0.2, -0.15) is 0 Å². The molecule has 2 nitrogen and oxygen atoms in total. The second-order valence-corrected chi connectivity index (χ2v) is 5.18. The Balaban J connectivity index is 1.89. The second kappa shape index (κ2) is 3.65. The van der Waals surface area contributed by atoms with Crippen molar-refractivity contribution < 1.29 is 5.11 Å². The lowest BCUT2D eigenvalue weighted by atomic mass is 9.90. The van der Waals surface area contributed by atoms with E-state index in [2.05, 4.69) is 25.1 Å². The minimum absolute atomic E-state index is 0.184. The zero-order chi connectivity index (χ0) is 10.2. The Hall–Kier alpha value is -0.370. The lowest BCUT2D eigenvalue weighted by molar-refractivity contribution is 0.307. The standard InChI is InChI=1S/C12H21NO/c1-9(2)12-4-3-10(11(12)7-12)8-13-5-6-14/h8-11,14H,3-7H2,1-2H3. The summed E-state index contributed by atoms with van der Waals surface area (Å²) in [5.41, 5.74) is 0.676. The molecular weight excluding hydrogens is 174 g/mol. The van der Waals surface area contributed by atoms with E-state index >= 15 is 0 Å². The molecule has 0 aromatic carbocycles. The monoisotopic (exact) mass is 195 g/mol. The van der Waals surface area contributed by atoms with E-state index < -0.39 is 0 Å². The average molecular weight is 195 g/mol. The molecule has 14 heavy (non-hydrogen) atoms. The fraction of sp³-hybridized carbons (Fsp3) is 0.917. The van der Waals surface area contributed by atoms with Gasteiger partial charge in [0.2, 0.25) is 0 Å². The first-order chi connectivity index (χ1) is 6.70. The van der Waals surface area contributed by atoms with E-state index in [0.29, 0.717) is 17.9 Å². The van der Waals surface area contributed by atoms with E-state index in [9.17, 15) is 0 Å². The first kappa shape index (κ1) is 10.2. The van der Waals surface area contributed by atoms with Crippen LogP contribution in [0.2, 0.25) is 0 Å². The third kappa shape index (κ3) is 1.50. The highest BCUT2D eigenvalue weighted by atomic mass is 16.3. The van der Waals surface area contributed by atoms with Gasteiger partial charge in [0.15, 0.2) is 0 Å². The zero-order valence-corrected chi connectivity index (χ0v) is 9.24. The van der Waals surface area contributed by atoms with Crippen LogP contribution in [-0.4, -0.2) is 24.5 Å². The third-order valence-electron chi connectivity index (χ3n) is 4.31. The molecule has 0 amide bonds. The fourth-order valence-electron chi connectivity index (χ4n) is 3.25. The number of aliphatic hydroxyl groups is 1. The molecule has 1 N–H and O–H groups in total. The van der Waals surface area contributed by atoms with Gasteiger partial charge in [0.05, 0.1) is 13.2 Å². The lowest BCUT2D eigenvalue weighted by Crippen LogP contribution is -2.08. The molecule has 0 spiro atoms. The quantitative estimate of drug-likeness (QED) is 0.685. The van der Waals surface area contributed by atoms with Crippen LogP contribution in [0.4, 0.5) is 0 Å². The number of hydrogen-bond acceptors (Lipinski definition) is 2. The van der Waals surface area contributed by atoms with Crippen molar-refractivity contribution >= 4 is 6.21 Å². The summed E-state index contributed by atoms with van der Waals surface area (Å²) in [6.45, 7) is 5.47. The summed E-state index contributed by atoms with van der Waals surface area (Å²) in [5, 5.41) is 8.64. The lowest BCUT2D eigenvalue weighted by Gasteiger charge is -2.15. The van der Waals surface area contributed by atoms with Crippen LogP contribution < -0.4 is 0 Å². The van der Waals surface area contributed by atoms with E-state index in [1.54, 1.807) is 0 Å². The predicted molar refractivity (Wildman–Crippen MR) is 58.5 cm³/mol. The van der Waals surface area contributed by atoms with Crippen molar-refractivity contribution in [3.8, 4) is 0 Å². The van der Waals surface area contributed by atoms with Gasteiger partial charge in [0.25, 0.3) is 0 Å². The summed E-state index contributed by atoms with van der Waals surface area (Å²) >= 11 is 0. The molecule has 2 fully saturated rings. The normalized spacial score (nSPS) is 40.9. The van der Waals surface area contributed by atoms with E-state index in [-0.39, 0.29) is 6.61 Å². The molecule has 0 aliphatic heterocycles. The highest BCUT2D eigenvalue weighted by Crippen LogP contribution is 2.69. The van der Waals surface area contributed by atoms with Gasteiger partial charge in [0, 0.05) is 6.21 Å². The van der Waals surface area contributed by atoms with E-state index in [1.807, 2.05) is 0 Å². The Morgan fingerprint density at radius 3 is 2.86 bits per heavy atom. The molecule has 2 rings (SSSR count). The molecule has 0 radical (unpaired) electrons. The maximum Gasteiger partial charge on any atom is 0.0626 e.